The lowest BCUT2D eigenvalue weighted by Gasteiger charge is -2.41. The summed E-state index contributed by atoms with van der Waals surface area (Å²) < 4.78 is 5.80. The van der Waals surface area contributed by atoms with Gasteiger partial charge in [0.15, 0.2) is 0 Å². The first kappa shape index (κ1) is 20.8. The first-order valence-corrected chi connectivity index (χ1v) is 11.4. The van der Waals surface area contributed by atoms with Crippen molar-refractivity contribution in [3.05, 3.63) is 59.7 Å². The second-order valence-corrected chi connectivity index (χ2v) is 8.83. The summed E-state index contributed by atoms with van der Waals surface area (Å²) in [5.74, 6) is 0.0782. The Labute approximate surface area is 188 Å². The van der Waals surface area contributed by atoms with Crippen molar-refractivity contribution in [3.63, 3.8) is 0 Å². The molecule has 1 N–H and O–H groups in total. The molecule has 0 spiro atoms. The number of ether oxygens (including phenoxy) is 1. The van der Waals surface area contributed by atoms with Crippen LogP contribution in [0.3, 0.4) is 0 Å². The van der Waals surface area contributed by atoms with Crippen molar-refractivity contribution in [2.24, 2.45) is 0 Å². The highest BCUT2D eigenvalue weighted by Crippen LogP contribution is 2.44. The highest BCUT2D eigenvalue weighted by atomic mass is 16.6. The topological polar surface area (TPSA) is 73.3 Å². The van der Waals surface area contributed by atoms with Crippen molar-refractivity contribution in [3.8, 4) is 11.1 Å². The molecule has 2 aromatic rings. The average molecular weight is 436 g/mol. The van der Waals surface area contributed by atoms with Crippen molar-refractivity contribution in [2.75, 3.05) is 45.9 Å². The number of piperazine rings is 1. The van der Waals surface area contributed by atoms with Gasteiger partial charge in [0.1, 0.15) is 6.61 Å². The normalized spacial score (nSPS) is 19.5. The smallest absolute Gasteiger partial charge is 0.409 e. The van der Waals surface area contributed by atoms with Crippen LogP contribution in [-0.2, 0) is 4.74 Å². The highest BCUT2D eigenvalue weighted by Gasteiger charge is 2.32. The Morgan fingerprint density at radius 1 is 0.812 bits per heavy atom. The van der Waals surface area contributed by atoms with E-state index in [0.29, 0.717) is 38.8 Å². The van der Waals surface area contributed by atoms with Gasteiger partial charge in [-0.15, -0.1) is 0 Å². The zero-order valence-electron chi connectivity index (χ0n) is 18.2. The number of carboxylic acid groups (broad SMARTS) is 1. The van der Waals surface area contributed by atoms with E-state index in [1.54, 1.807) is 0 Å². The molecule has 7 heteroatoms. The third kappa shape index (κ3) is 3.93. The molecule has 168 valence electrons. The molecule has 2 aromatic carbocycles. The molecule has 1 aliphatic carbocycles. The van der Waals surface area contributed by atoms with E-state index in [1.165, 1.54) is 27.2 Å². The maximum Gasteiger partial charge on any atom is 0.409 e. The van der Waals surface area contributed by atoms with Crippen LogP contribution in [0.15, 0.2) is 48.5 Å². The summed E-state index contributed by atoms with van der Waals surface area (Å²) in [5.41, 5.74) is 4.90. The lowest BCUT2D eigenvalue weighted by Crippen LogP contribution is -2.54. The van der Waals surface area contributed by atoms with Crippen LogP contribution in [0.1, 0.15) is 29.9 Å². The Balaban J connectivity index is 1.14. The third-order valence-electron chi connectivity index (χ3n) is 7.16. The standard InChI is InChI=1S/C25H29N3O4/c29-24(30)27-15-13-26(14-16-27)18-9-11-28(12-10-18)25(31)32-17-23-21-7-3-1-5-19(21)20-6-2-4-8-22(20)23/h1-8,18,23H,9-17H2,(H,29,30). The maximum atomic E-state index is 12.8. The minimum absolute atomic E-state index is 0.0782. The van der Waals surface area contributed by atoms with E-state index in [0.717, 1.165) is 25.9 Å². The SMILES string of the molecule is O=C(O)N1CCN(C2CCN(C(=O)OCC3c4ccccc4-c4ccccc43)CC2)CC1. The van der Waals surface area contributed by atoms with Gasteiger partial charge in [-0.25, -0.2) is 9.59 Å². The van der Waals surface area contributed by atoms with Gasteiger partial charge < -0.3 is 19.6 Å². The zero-order valence-corrected chi connectivity index (χ0v) is 18.2. The zero-order chi connectivity index (χ0) is 22.1. The monoisotopic (exact) mass is 435 g/mol. The summed E-state index contributed by atoms with van der Waals surface area (Å²) in [5, 5.41) is 9.12. The number of carbonyl (C=O) groups is 2. The molecule has 0 radical (unpaired) electrons. The summed E-state index contributed by atoms with van der Waals surface area (Å²) in [4.78, 5) is 29.6. The molecule has 32 heavy (non-hydrogen) atoms. The van der Waals surface area contributed by atoms with E-state index in [-0.39, 0.29) is 12.0 Å². The molecule has 7 nitrogen and oxygen atoms in total. The fraction of sp³-hybridized carbons (Fsp3) is 0.440. The summed E-state index contributed by atoms with van der Waals surface area (Å²) in [7, 11) is 0. The van der Waals surface area contributed by atoms with E-state index in [2.05, 4.69) is 41.3 Å². The van der Waals surface area contributed by atoms with Crippen molar-refractivity contribution in [2.45, 2.75) is 24.8 Å². The number of carbonyl (C=O) groups excluding carboxylic acids is 1. The Morgan fingerprint density at radius 2 is 1.38 bits per heavy atom. The number of rotatable bonds is 3. The number of hydrogen-bond donors (Lipinski definition) is 1. The molecular weight excluding hydrogens is 406 g/mol. The fourth-order valence-electron chi connectivity index (χ4n) is 5.38. The number of nitrogens with zero attached hydrogens (tertiary/aromatic N) is 3. The Kier molecular flexibility index (Phi) is 5.74. The summed E-state index contributed by atoms with van der Waals surface area (Å²) >= 11 is 0. The van der Waals surface area contributed by atoms with Crippen LogP contribution >= 0.6 is 0 Å². The van der Waals surface area contributed by atoms with E-state index in [4.69, 9.17) is 9.84 Å². The van der Waals surface area contributed by atoms with Crippen molar-refractivity contribution >= 4 is 12.2 Å². The number of fused-ring (bicyclic) bond motifs is 3. The third-order valence-corrected chi connectivity index (χ3v) is 7.16. The van der Waals surface area contributed by atoms with E-state index in [9.17, 15) is 9.59 Å². The summed E-state index contributed by atoms with van der Waals surface area (Å²) in [6.45, 7) is 4.36. The first-order chi connectivity index (χ1) is 15.6. The van der Waals surface area contributed by atoms with Gasteiger partial charge in [0.25, 0.3) is 0 Å². The molecule has 3 aliphatic rings. The van der Waals surface area contributed by atoms with Crippen LogP contribution in [0.4, 0.5) is 9.59 Å². The molecule has 5 rings (SSSR count). The van der Waals surface area contributed by atoms with Crippen molar-refractivity contribution in [1.82, 2.24) is 14.7 Å². The predicted octanol–water partition coefficient (Wildman–Crippen LogP) is 3.70. The minimum atomic E-state index is -0.838. The molecule has 0 atom stereocenters. The number of benzene rings is 2. The molecule has 2 aliphatic heterocycles. The van der Waals surface area contributed by atoms with E-state index in [1.807, 2.05) is 17.0 Å². The Morgan fingerprint density at radius 3 is 1.94 bits per heavy atom. The second kappa shape index (κ2) is 8.82. The number of amides is 2. The van der Waals surface area contributed by atoms with Gasteiger partial charge in [-0.2, -0.15) is 0 Å². The van der Waals surface area contributed by atoms with Crippen LogP contribution in [0.2, 0.25) is 0 Å². The fourth-order valence-corrected chi connectivity index (χ4v) is 5.38. The minimum Gasteiger partial charge on any atom is -0.465 e. The van der Waals surface area contributed by atoms with Gasteiger partial charge in [0.05, 0.1) is 0 Å². The van der Waals surface area contributed by atoms with Crippen LogP contribution in [-0.4, -0.2) is 83.9 Å². The number of likely N-dealkylation sites (tertiary alicyclic amines) is 1. The van der Waals surface area contributed by atoms with Gasteiger partial charge in [-0.3, -0.25) is 4.90 Å². The largest absolute Gasteiger partial charge is 0.465 e. The van der Waals surface area contributed by atoms with E-state index >= 15 is 0 Å². The van der Waals surface area contributed by atoms with Gasteiger partial charge in [-0.1, -0.05) is 48.5 Å². The molecule has 0 unspecified atom stereocenters. The molecule has 2 heterocycles. The van der Waals surface area contributed by atoms with Crippen molar-refractivity contribution in [1.29, 1.82) is 0 Å². The maximum absolute atomic E-state index is 12.8. The van der Waals surface area contributed by atoms with E-state index < -0.39 is 6.09 Å². The highest BCUT2D eigenvalue weighted by molar-refractivity contribution is 5.79. The molecule has 0 aromatic heterocycles. The Bertz CT molecular complexity index is 949. The lowest BCUT2D eigenvalue weighted by atomic mass is 9.98. The Hall–Kier alpha value is -3.06. The number of piperidine rings is 1. The summed E-state index contributed by atoms with van der Waals surface area (Å²) in [6, 6.07) is 17.1. The molecule has 2 fully saturated rings. The molecule has 0 bridgehead atoms. The van der Waals surface area contributed by atoms with Crippen LogP contribution in [0.25, 0.3) is 11.1 Å². The van der Waals surface area contributed by atoms with Gasteiger partial charge in [0.2, 0.25) is 0 Å². The molecule has 2 amide bonds. The molecule has 0 saturated carbocycles. The molecule has 2 saturated heterocycles. The van der Waals surface area contributed by atoms with Crippen LogP contribution in [0, 0.1) is 0 Å². The predicted molar refractivity (Wildman–Crippen MR) is 121 cm³/mol. The second-order valence-electron chi connectivity index (χ2n) is 8.83. The summed E-state index contributed by atoms with van der Waals surface area (Å²) in [6.07, 6.45) is 0.727. The van der Waals surface area contributed by atoms with Gasteiger partial charge >= 0.3 is 12.2 Å². The van der Waals surface area contributed by atoms with Crippen LogP contribution < -0.4 is 0 Å². The lowest BCUT2D eigenvalue weighted by molar-refractivity contribution is 0.0482. The molecular formula is C25H29N3O4. The average Bonchev–Trinajstić information content (AvgIpc) is 3.16. The quantitative estimate of drug-likeness (QED) is 0.796. The van der Waals surface area contributed by atoms with Crippen LogP contribution in [0.5, 0.6) is 0 Å². The van der Waals surface area contributed by atoms with Gasteiger partial charge in [0, 0.05) is 51.2 Å². The van der Waals surface area contributed by atoms with Gasteiger partial charge in [-0.05, 0) is 35.1 Å². The first-order valence-electron chi connectivity index (χ1n) is 11.4. The number of hydrogen-bond acceptors (Lipinski definition) is 4. The van der Waals surface area contributed by atoms with Crippen molar-refractivity contribution < 1.29 is 19.4 Å².